The lowest BCUT2D eigenvalue weighted by Gasteiger charge is -2.16. The maximum atomic E-state index is 12.4. The molecule has 3 aromatic rings. The first-order valence-electron chi connectivity index (χ1n) is 7.64. The SMILES string of the molecule is COc1ccc(C2=CC(=O)n3ncc(-c4ccccn4)c3C2)cc1. The number of methoxy groups -OCH3 is 1. The Labute approximate surface area is 139 Å². The number of rotatable bonds is 3. The Morgan fingerprint density at radius 3 is 2.67 bits per heavy atom. The summed E-state index contributed by atoms with van der Waals surface area (Å²) < 4.78 is 6.65. The molecule has 0 spiro atoms. The fourth-order valence-electron chi connectivity index (χ4n) is 2.90. The highest BCUT2D eigenvalue weighted by atomic mass is 16.5. The Balaban J connectivity index is 1.74. The molecular formula is C19H15N3O2. The summed E-state index contributed by atoms with van der Waals surface area (Å²) in [5, 5.41) is 4.23. The van der Waals surface area contributed by atoms with E-state index >= 15 is 0 Å². The number of hydrogen-bond donors (Lipinski definition) is 0. The second kappa shape index (κ2) is 5.77. The third-order valence-electron chi connectivity index (χ3n) is 4.13. The molecule has 118 valence electrons. The monoisotopic (exact) mass is 317 g/mol. The highest BCUT2D eigenvalue weighted by Gasteiger charge is 2.23. The lowest BCUT2D eigenvalue weighted by Crippen LogP contribution is -2.19. The summed E-state index contributed by atoms with van der Waals surface area (Å²) in [7, 11) is 1.64. The number of aromatic nitrogens is 3. The molecule has 0 bridgehead atoms. The molecule has 0 amide bonds. The van der Waals surface area contributed by atoms with Gasteiger partial charge in [-0.15, -0.1) is 0 Å². The van der Waals surface area contributed by atoms with E-state index in [2.05, 4.69) is 10.1 Å². The number of benzene rings is 1. The number of carbonyl (C=O) groups excluding carboxylic acids is 1. The maximum absolute atomic E-state index is 12.4. The van der Waals surface area contributed by atoms with Gasteiger partial charge in [-0.25, -0.2) is 4.68 Å². The molecule has 0 saturated heterocycles. The Morgan fingerprint density at radius 1 is 1.12 bits per heavy atom. The van der Waals surface area contributed by atoms with Crippen LogP contribution in [0, 0.1) is 0 Å². The molecule has 5 nitrogen and oxygen atoms in total. The molecule has 0 saturated carbocycles. The summed E-state index contributed by atoms with van der Waals surface area (Å²) in [6, 6.07) is 13.4. The van der Waals surface area contributed by atoms with Crippen molar-refractivity contribution in [3.8, 4) is 17.0 Å². The van der Waals surface area contributed by atoms with Crippen molar-refractivity contribution in [3.05, 3.63) is 72.2 Å². The molecule has 2 aromatic heterocycles. The first-order valence-corrected chi connectivity index (χ1v) is 7.64. The van der Waals surface area contributed by atoms with Gasteiger partial charge in [-0.2, -0.15) is 5.10 Å². The van der Waals surface area contributed by atoms with E-state index in [-0.39, 0.29) is 5.91 Å². The number of carbonyl (C=O) groups is 1. The average Bonchev–Trinajstić information content (AvgIpc) is 3.07. The van der Waals surface area contributed by atoms with Crippen molar-refractivity contribution >= 4 is 11.5 Å². The van der Waals surface area contributed by atoms with E-state index in [1.807, 2.05) is 42.5 Å². The summed E-state index contributed by atoms with van der Waals surface area (Å²) in [4.78, 5) is 16.8. The van der Waals surface area contributed by atoms with E-state index in [0.29, 0.717) is 6.42 Å². The van der Waals surface area contributed by atoms with Gasteiger partial charge in [0.15, 0.2) is 0 Å². The van der Waals surface area contributed by atoms with Crippen LogP contribution in [0.25, 0.3) is 16.8 Å². The van der Waals surface area contributed by atoms with E-state index < -0.39 is 0 Å². The Kier molecular flexibility index (Phi) is 3.46. The van der Waals surface area contributed by atoms with Gasteiger partial charge >= 0.3 is 0 Å². The van der Waals surface area contributed by atoms with Crippen molar-refractivity contribution in [3.63, 3.8) is 0 Å². The van der Waals surface area contributed by atoms with Crippen LogP contribution in [0.1, 0.15) is 16.1 Å². The molecule has 3 heterocycles. The van der Waals surface area contributed by atoms with Gasteiger partial charge in [0.05, 0.1) is 24.7 Å². The summed E-state index contributed by atoms with van der Waals surface area (Å²) >= 11 is 0. The molecule has 5 heteroatoms. The van der Waals surface area contributed by atoms with Gasteiger partial charge in [0.2, 0.25) is 0 Å². The van der Waals surface area contributed by atoms with Crippen LogP contribution in [0.15, 0.2) is 60.9 Å². The van der Waals surface area contributed by atoms with E-state index in [4.69, 9.17) is 4.74 Å². The van der Waals surface area contributed by atoms with Crippen LogP contribution in [0.2, 0.25) is 0 Å². The maximum Gasteiger partial charge on any atom is 0.271 e. The number of pyridine rings is 1. The van der Waals surface area contributed by atoms with Crippen molar-refractivity contribution in [2.45, 2.75) is 6.42 Å². The van der Waals surface area contributed by atoms with Crippen LogP contribution in [-0.2, 0) is 6.42 Å². The molecule has 4 rings (SSSR count). The molecule has 0 unspecified atom stereocenters. The van der Waals surface area contributed by atoms with Gasteiger partial charge in [-0.1, -0.05) is 18.2 Å². The van der Waals surface area contributed by atoms with Gasteiger partial charge < -0.3 is 4.74 Å². The average molecular weight is 317 g/mol. The Bertz CT molecular complexity index is 925. The summed E-state index contributed by atoms with van der Waals surface area (Å²) in [5.74, 6) is 0.657. The van der Waals surface area contributed by atoms with Crippen LogP contribution >= 0.6 is 0 Å². The minimum atomic E-state index is -0.135. The van der Waals surface area contributed by atoms with E-state index in [9.17, 15) is 4.79 Å². The van der Waals surface area contributed by atoms with E-state index in [1.54, 1.807) is 25.6 Å². The van der Waals surface area contributed by atoms with Gasteiger partial charge in [0, 0.05) is 24.3 Å². The predicted octanol–water partition coefficient (Wildman–Crippen LogP) is 3.23. The van der Waals surface area contributed by atoms with Crippen molar-refractivity contribution in [2.24, 2.45) is 0 Å². The third-order valence-corrected chi connectivity index (χ3v) is 4.13. The zero-order valence-corrected chi connectivity index (χ0v) is 13.1. The molecule has 0 aliphatic carbocycles. The quantitative estimate of drug-likeness (QED) is 0.744. The zero-order valence-electron chi connectivity index (χ0n) is 13.1. The number of allylic oxidation sites excluding steroid dienone is 2. The fourth-order valence-corrected chi connectivity index (χ4v) is 2.90. The second-order valence-electron chi connectivity index (χ2n) is 5.54. The predicted molar refractivity (Wildman–Crippen MR) is 90.8 cm³/mol. The fraction of sp³-hybridized carbons (Fsp3) is 0.105. The van der Waals surface area contributed by atoms with Gasteiger partial charge in [-0.3, -0.25) is 9.78 Å². The van der Waals surface area contributed by atoms with Crippen molar-refractivity contribution in [1.29, 1.82) is 0 Å². The minimum Gasteiger partial charge on any atom is -0.497 e. The summed E-state index contributed by atoms with van der Waals surface area (Å²) in [5.41, 5.74) is 4.55. The Hall–Kier alpha value is -3.21. The smallest absolute Gasteiger partial charge is 0.271 e. The van der Waals surface area contributed by atoms with Gasteiger partial charge in [0.1, 0.15) is 5.75 Å². The zero-order chi connectivity index (χ0) is 16.5. The molecular weight excluding hydrogens is 302 g/mol. The first-order chi connectivity index (χ1) is 11.8. The number of ether oxygens (including phenoxy) is 1. The van der Waals surface area contributed by atoms with Crippen LogP contribution in [0.4, 0.5) is 0 Å². The minimum absolute atomic E-state index is 0.135. The molecule has 0 radical (unpaired) electrons. The van der Waals surface area contributed by atoms with Crippen molar-refractivity contribution < 1.29 is 9.53 Å². The van der Waals surface area contributed by atoms with Gasteiger partial charge in [0.25, 0.3) is 5.91 Å². The Morgan fingerprint density at radius 2 is 1.96 bits per heavy atom. The summed E-state index contributed by atoms with van der Waals surface area (Å²) in [6.45, 7) is 0. The van der Waals surface area contributed by atoms with Crippen LogP contribution in [0.5, 0.6) is 5.75 Å². The lowest BCUT2D eigenvalue weighted by atomic mass is 9.96. The normalized spacial score (nSPS) is 13.4. The molecule has 0 N–H and O–H groups in total. The van der Waals surface area contributed by atoms with Gasteiger partial charge in [-0.05, 0) is 35.4 Å². The molecule has 1 aliphatic heterocycles. The van der Waals surface area contributed by atoms with Crippen molar-refractivity contribution in [2.75, 3.05) is 7.11 Å². The molecule has 0 atom stereocenters. The highest BCUT2D eigenvalue weighted by Crippen LogP contribution is 2.31. The second-order valence-corrected chi connectivity index (χ2v) is 5.54. The standard InChI is InChI=1S/C19H15N3O2/c1-24-15-7-5-13(6-8-15)14-10-18-16(17-4-2-3-9-20-17)12-21-22(18)19(23)11-14/h2-9,11-12H,10H2,1H3. The number of hydrogen-bond acceptors (Lipinski definition) is 4. The summed E-state index contributed by atoms with van der Waals surface area (Å²) in [6.07, 6.45) is 5.72. The van der Waals surface area contributed by atoms with Crippen LogP contribution in [-0.4, -0.2) is 27.8 Å². The van der Waals surface area contributed by atoms with Crippen LogP contribution < -0.4 is 4.74 Å². The number of nitrogens with zero attached hydrogens (tertiary/aromatic N) is 3. The van der Waals surface area contributed by atoms with E-state index in [0.717, 1.165) is 33.8 Å². The number of fused-ring (bicyclic) bond motifs is 1. The molecule has 1 aliphatic rings. The molecule has 1 aromatic carbocycles. The van der Waals surface area contributed by atoms with E-state index in [1.165, 1.54) is 4.68 Å². The van der Waals surface area contributed by atoms with Crippen LogP contribution in [0.3, 0.4) is 0 Å². The molecule has 24 heavy (non-hydrogen) atoms. The lowest BCUT2D eigenvalue weighted by molar-refractivity contribution is 0.0949. The third kappa shape index (κ3) is 2.40. The topological polar surface area (TPSA) is 57.0 Å². The first kappa shape index (κ1) is 14.4. The molecule has 0 fully saturated rings. The highest BCUT2D eigenvalue weighted by molar-refractivity contribution is 6.00. The van der Waals surface area contributed by atoms with Crippen molar-refractivity contribution in [1.82, 2.24) is 14.8 Å². The largest absolute Gasteiger partial charge is 0.497 e.